The Morgan fingerprint density at radius 3 is 2.41 bits per heavy atom. The first-order chi connectivity index (χ1) is 13.0. The van der Waals surface area contributed by atoms with Crippen LogP contribution in [0, 0.1) is 13.8 Å². The minimum atomic E-state index is -0.431. The van der Waals surface area contributed by atoms with E-state index >= 15 is 0 Å². The maximum Gasteiger partial charge on any atom is 0.314 e. The predicted molar refractivity (Wildman–Crippen MR) is 104 cm³/mol. The second-order valence-electron chi connectivity index (χ2n) is 6.67. The number of aromatic nitrogens is 2. The third kappa shape index (κ3) is 4.19. The molecule has 0 aliphatic carbocycles. The molecule has 0 unspecified atom stereocenters. The minimum Gasteiger partial charge on any atom is -0.351 e. The zero-order valence-electron chi connectivity index (χ0n) is 15.8. The van der Waals surface area contributed by atoms with Crippen molar-refractivity contribution in [2.45, 2.75) is 20.3 Å². The van der Waals surface area contributed by atoms with Crippen molar-refractivity contribution >= 4 is 18.0 Å². The highest BCUT2D eigenvalue weighted by Gasteiger charge is 2.19. The molecule has 1 aromatic heterocycles. The van der Waals surface area contributed by atoms with Crippen LogP contribution in [-0.4, -0.2) is 57.7 Å². The molecule has 3 rings (SSSR count). The van der Waals surface area contributed by atoms with Crippen LogP contribution in [0.25, 0.3) is 11.8 Å². The highest BCUT2D eigenvalue weighted by Crippen LogP contribution is 2.19. The van der Waals surface area contributed by atoms with Crippen molar-refractivity contribution in [1.82, 2.24) is 19.6 Å². The average Bonchev–Trinajstić information content (AvgIpc) is 2.83. The SMILES string of the molecule is Cc1nn(-c2ccccc2)c(C)c1C=CC(=O)N1CCCN(C(N)=O)CC1. The number of rotatable bonds is 3. The van der Waals surface area contributed by atoms with E-state index in [0.29, 0.717) is 26.2 Å². The van der Waals surface area contributed by atoms with Crippen molar-refractivity contribution in [2.75, 3.05) is 26.2 Å². The first kappa shape index (κ1) is 18.7. The van der Waals surface area contributed by atoms with E-state index < -0.39 is 6.03 Å². The van der Waals surface area contributed by atoms with E-state index in [0.717, 1.165) is 29.1 Å². The molecule has 1 aromatic carbocycles. The van der Waals surface area contributed by atoms with Crippen molar-refractivity contribution in [3.8, 4) is 5.69 Å². The van der Waals surface area contributed by atoms with Gasteiger partial charge >= 0.3 is 6.03 Å². The first-order valence-corrected chi connectivity index (χ1v) is 9.10. The molecule has 27 heavy (non-hydrogen) atoms. The normalized spacial score (nSPS) is 15.2. The Labute approximate surface area is 159 Å². The van der Waals surface area contributed by atoms with E-state index in [9.17, 15) is 9.59 Å². The summed E-state index contributed by atoms with van der Waals surface area (Å²) in [6, 6.07) is 9.48. The Hall–Kier alpha value is -3.09. The molecule has 0 saturated carbocycles. The third-order valence-electron chi connectivity index (χ3n) is 4.86. The number of benzene rings is 1. The van der Waals surface area contributed by atoms with Gasteiger partial charge in [0.1, 0.15) is 0 Å². The molecule has 7 heteroatoms. The lowest BCUT2D eigenvalue weighted by atomic mass is 10.1. The summed E-state index contributed by atoms with van der Waals surface area (Å²) < 4.78 is 1.89. The number of primary amides is 1. The molecule has 2 aromatic rings. The number of para-hydroxylation sites is 1. The Kier molecular flexibility index (Phi) is 5.59. The number of aryl methyl sites for hydroxylation is 1. The van der Waals surface area contributed by atoms with Gasteiger partial charge in [0.05, 0.1) is 11.4 Å². The summed E-state index contributed by atoms with van der Waals surface area (Å²) in [5.74, 6) is -0.0624. The highest BCUT2D eigenvalue weighted by atomic mass is 16.2. The predicted octanol–water partition coefficient (Wildman–Crippen LogP) is 2.12. The number of carbonyl (C=O) groups excluding carboxylic acids is 2. The van der Waals surface area contributed by atoms with Gasteiger partial charge < -0.3 is 15.5 Å². The molecule has 1 aliphatic heterocycles. The van der Waals surface area contributed by atoms with Gasteiger partial charge in [0.2, 0.25) is 5.91 Å². The monoisotopic (exact) mass is 367 g/mol. The molecule has 0 radical (unpaired) electrons. The second-order valence-corrected chi connectivity index (χ2v) is 6.67. The van der Waals surface area contributed by atoms with Crippen LogP contribution in [-0.2, 0) is 4.79 Å². The minimum absolute atomic E-state index is 0.0624. The standard InChI is InChI=1S/C20H25N5O2/c1-15-18(16(2)25(22-15)17-7-4-3-5-8-17)9-10-19(26)23-11-6-12-24(14-13-23)20(21)27/h3-5,7-10H,6,11-14H2,1-2H3,(H2,21,27). The highest BCUT2D eigenvalue weighted by molar-refractivity contribution is 5.92. The topological polar surface area (TPSA) is 84.5 Å². The number of carbonyl (C=O) groups is 2. The molecule has 2 heterocycles. The molecule has 142 valence electrons. The van der Waals surface area contributed by atoms with Gasteiger partial charge in [-0.1, -0.05) is 18.2 Å². The van der Waals surface area contributed by atoms with Gasteiger partial charge in [-0.15, -0.1) is 0 Å². The fourth-order valence-corrected chi connectivity index (χ4v) is 3.33. The molecule has 1 fully saturated rings. The maximum atomic E-state index is 12.6. The van der Waals surface area contributed by atoms with Crippen molar-refractivity contribution in [1.29, 1.82) is 0 Å². The molecule has 1 saturated heterocycles. The molecule has 0 bridgehead atoms. The molecule has 2 N–H and O–H groups in total. The van der Waals surface area contributed by atoms with Crippen LogP contribution >= 0.6 is 0 Å². The van der Waals surface area contributed by atoms with Gasteiger partial charge in [-0.3, -0.25) is 4.79 Å². The summed E-state index contributed by atoms with van der Waals surface area (Å²) in [6.07, 6.45) is 4.15. The number of hydrogen-bond donors (Lipinski definition) is 1. The van der Waals surface area contributed by atoms with Gasteiger partial charge in [-0.05, 0) is 38.5 Å². The smallest absolute Gasteiger partial charge is 0.314 e. The van der Waals surface area contributed by atoms with Gasteiger partial charge in [-0.25, -0.2) is 9.48 Å². The summed E-state index contributed by atoms with van der Waals surface area (Å²) >= 11 is 0. The van der Waals surface area contributed by atoms with E-state index in [4.69, 9.17) is 5.73 Å². The van der Waals surface area contributed by atoms with Crippen LogP contribution in [0.15, 0.2) is 36.4 Å². The van der Waals surface area contributed by atoms with Crippen molar-refractivity contribution in [3.05, 3.63) is 53.4 Å². The number of amides is 3. The fourth-order valence-electron chi connectivity index (χ4n) is 3.33. The van der Waals surface area contributed by atoms with Crippen LogP contribution in [0.5, 0.6) is 0 Å². The van der Waals surface area contributed by atoms with E-state index in [1.807, 2.05) is 54.9 Å². The lowest BCUT2D eigenvalue weighted by molar-refractivity contribution is -0.125. The summed E-state index contributed by atoms with van der Waals surface area (Å²) in [4.78, 5) is 27.2. The van der Waals surface area contributed by atoms with E-state index in [1.165, 1.54) is 0 Å². The van der Waals surface area contributed by atoms with Crippen LogP contribution < -0.4 is 5.73 Å². The Bertz CT molecular complexity index is 857. The molecule has 3 amide bonds. The Morgan fingerprint density at radius 2 is 1.70 bits per heavy atom. The summed E-state index contributed by atoms with van der Waals surface area (Å²) in [7, 11) is 0. The molecular formula is C20H25N5O2. The number of urea groups is 1. The fraction of sp³-hybridized carbons (Fsp3) is 0.350. The molecule has 1 aliphatic rings. The Morgan fingerprint density at radius 1 is 1.04 bits per heavy atom. The van der Waals surface area contributed by atoms with Crippen molar-refractivity contribution in [3.63, 3.8) is 0 Å². The number of nitrogens with two attached hydrogens (primary N) is 1. The molecular weight excluding hydrogens is 342 g/mol. The van der Waals surface area contributed by atoms with Crippen LogP contribution in [0.1, 0.15) is 23.4 Å². The summed E-state index contributed by atoms with van der Waals surface area (Å²) in [5.41, 5.74) is 9.13. The first-order valence-electron chi connectivity index (χ1n) is 9.10. The quantitative estimate of drug-likeness (QED) is 0.843. The largest absolute Gasteiger partial charge is 0.351 e. The maximum absolute atomic E-state index is 12.6. The van der Waals surface area contributed by atoms with E-state index in [1.54, 1.807) is 15.9 Å². The van der Waals surface area contributed by atoms with Crippen molar-refractivity contribution < 1.29 is 9.59 Å². The van der Waals surface area contributed by atoms with E-state index in [-0.39, 0.29) is 5.91 Å². The van der Waals surface area contributed by atoms with Crippen LogP contribution in [0.3, 0.4) is 0 Å². The van der Waals surface area contributed by atoms with Gasteiger partial charge in [0.15, 0.2) is 0 Å². The summed E-state index contributed by atoms with van der Waals surface area (Å²) in [6.45, 7) is 6.10. The number of nitrogens with zero attached hydrogens (tertiary/aromatic N) is 4. The van der Waals surface area contributed by atoms with Crippen LogP contribution in [0.4, 0.5) is 4.79 Å². The average molecular weight is 367 g/mol. The third-order valence-corrected chi connectivity index (χ3v) is 4.86. The number of hydrogen-bond acceptors (Lipinski definition) is 3. The van der Waals surface area contributed by atoms with Gasteiger partial charge in [0.25, 0.3) is 0 Å². The lowest BCUT2D eigenvalue weighted by Gasteiger charge is -2.19. The molecule has 0 atom stereocenters. The Balaban J connectivity index is 1.73. The zero-order chi connectivity index (χ0) is 19.4. The van der Waals surface area contributed by atoms with Crippen molar-refractivity contribution in [2.24, 2.45) is 5.73 Å². The lowest BCUT2D eigenvalue weighted by Crippen LogP contribution is -2.39. The molecule has 7 nitrogen and oxygen atoms in total. The van der Waals surface area contributed by atoms with Gasteiger partial charge in [0, 0.05) is 43.5 Å². The van der Waals surface area contributed by atoms with Crippen LogP contribution in [0.2, 0.25) is 0 Å². The zero-order valence-corrected chi connectivity index (χ0v) is 15.8. The van der Waals surface area contributed by atoms with E-state index in [2.05, 4.69) is 5.10 Å². The van der Waals surface area contributed by atoms with Gasteiger partial charge in [-0.2, -0.15) is 5.10 Å². The second kappa shape index (κ2) is 8.07. The molecule has 0 spiro atoms. The summed E-state index contributed by atoms with van der Waals surface area (Å²) in [5, 5.41) is 4.60.